The summed E-state index contributed by atoms with van der Waals surface area (Å²) in [6.45, 7) is 1.83. The van der Waals surface area contributed by atoms with Gasteiger partial charge >= 0.3 is 0 Å². The van der Waals surface area contributed by atoms with Crippen molar-refractivity contribution >= 4 is 32.7 Å². The van der Waals surface area contributed by atoms with Crippen molar-refractivity contribution in [2.24, 2.45) is 7.05 Å². The maximum absolute atomic E-state index is 13.0. The van der Waals surface area contributed by atoms with Gasteiger partial charge in [0.25, 0.3) is 5.56 Å². The van der Waals surface area contributed by atoms with Crippen LogP contribution >= 0.6 is 0 Å². The third-order valence-corrected chi connectivity index (χ3v) is 5.89. The molecule has 0 N–H and O–H groups in total. The van der Waals surface area contributed by atoms with Crippen molar-refractivity contribution in [2.45, 2.75) is 11.9 Å². The first kappa shape index (κ1) is 17.2. The van der Waals surface area contributed by atoms with Crippen molar-refractivity contribution in [2.75, 3.05) is 5.75 Å². The Morgan fingerprint density at radius 2 is 1.96 bits per heavy atom. The number of para-hydroxylation sites is 1. The average molecular weight is 376 g/mol. The first-order valence-corrected chi connectivity index (χ1v) is 9.76. The fourth-order valence-corrected chi connectivity index (χ4v) is 4.01. The fraction of sp³-hybridized carbons (Fsp3) is 0.150. The summed E-state index contributed by atoms with van der Waals surface area (Å²) < 4.78 is 15.4. The summed E-state index contributed by atoms with van der Waals surface area (Å²) in [5, 5.41) is 10.8. The van der Waals surface area contributed by atoms with Crippen LogP contribution in [0.4, 0.5) is 0 Å². The molecular formula is C20H16N4O2S. The SMILES string of the molecule is CCS(=O)c1ccc(-n2c(=O)c(C#N)cc3c2c2ccccc2n3C)cn1. The molecule has 0 spiro atoms. The Morgan fingerprint density at radius 3 is 2.63 bits per heavy atom. The molecule has 134 valence electrons. The highest BCUT2D eigenvalue weighted by molar-refractivity contribution is 7.84. The predicted molar refractivity (Wildman–Crippen MR) is 105 cm³/mol. The Bertz CT molecular complexity index is 1310. The number of fused-ring (bicyclic) bond motifs is 3. The molecule has 0 saturated carbocycles. The number of hydrogen-bond acceptors (Lipinski definition) is 4. The highest BCUT2D eigenvalue weighted by atomic mass is 32.2. The highest BCUT2D eigenvalue weighted by Crippen LogP contribution is 2.29. The molecular weight excluding hydrogens is 360 g/mol. The van der Waals surface area contributed by atoms with Crippen LogP contribution in [0.1, 0.15) is 12.5 Å². The van der Waals surface area contributed by atoms with Gasteiger partial charge in [0, 0.05) is 18.2 Å². The third-order valence-electron chi connectivity index (χ3n) is 4.66. The zero-order chi connectivity index (χ0) is 19.1. The van der Waals surface area contributed by atoms with Crippen molar-refractivity contribution in [1.29, 1.82) is 5.26 Å². The van der Waals surface area contributed by atoms with Gasteiger partial charge in [0.1, 0.15) is 16.7 Å². The molecule has 4 rings (SSSR count). The van der Waals surface area contributed by atoms with Crippen LogP contribution in [-0.4, -0.2) is 24.1 Å². The lowest BCUT2D eigenvalue weighted by Gasteiger charge is -2.10. The van der Waals surface area contributed by atoms with E-state index >= 15 is 0 Å². The van der Waals surface area contributed by atoms with Gasteiger partial charge in [-0.2, -0.15) is 5.26 Å². The van der Waals surface area contributed by atoms with Crippen LogP contribution in [0.3, 0.4) is 0 Å². The monoisotopic (exact) mass is 376 g/mol. The fourth-order valence-electron chi connectivity index (χ4n) is 3.33. The number of hydrogen-bond donors (Lipinski definition) is 0. The largest absolute Gasteiger partial charge is 0.342 e. The standard InChI is InChI=1S/C20H16N4O2S/c1-3-27(26)18-9-8-14(12-22-18)24-19-15-6-4-5-7-16(15)23(2)17(19)10-13(11-21)20(24)25/h4-10,12H,3H2,1-2H3. The lowest BCUT2D eigenvalue weighted by atomic mass is 10.2. The van der Waals surface area contributed by atoms with Gasteiger partial charge in [-0.25, -0.2) is 4.98 Å². The van der Waals surface area contributed by atoms with E-state index in [0.29, 0.717) is 16.5 Å². The van der Waals surface area contributed by atoms with Crippen molar-refractivity contribution in [3.63, 3.8) is 0 Å². The van der Waals surface area contributed by atoms with E-state index in [1.807, 2.05) is 48.9 Å². The van der Waals surface area contributed by atoms with Crippen LogP contribution in [0, 0.1) is 11.3 Å². The van der Waals surface area contributed by atoms with Crippen LogP contribution in [0.25, 0.3) is 27.6 Å². The number of pyridine rings is 2. The van der Waals surface area contributed by atoms with E-state index in [1.165, 1.54) is 10.8 Å². The number of benzene rings is 1. The van der Waals surface area contributed by atoms with Gasteiger partial charge in [0.05, 0.1) is 39.2 Å². The zero-order valence-corrected chi connectivity index (χ0v) is 15.7. The second-order valence-electron chi connectivity index (χ2n) is 6.11. The Labute approximate surface area is 157 Å². The van der Waals surface area contributed by atoms with E-state index in [2.05, 4.69) is 4.98 Å². The quantitative estimate of drug-likeness (QED) is 0.551. The molecule has 0 amide bonds. The molecule has 7 heteroatoms. The molecule has 1 atom stereocenters. The second kappa shape index (κ2) is 6.49. The Kier molecular flexibility index (Phi) is 4.13. The topological polar surface area (TPSA) is 80.7 Å². The lowest BCUT2D eigenvalue weighted by Crippen LogP contribution is -2.21. The minimum atomic E-state index is -1.17. The summed E-state index contributed by atoms with van der Waals surface area (Å²) in [5.74, 6) is 0.476. The smallest absolute Gasteiger partial charge is 0.273 e. The lowest BCUT2D eigenvalue weighted by molar-refractivity contribution is 0.681. The number of aryl methyl sites for hydroxylation is 1. The van der Waals surface area contributed by atoms with E-state index in [1.54, 1.807) is 18.2 Å². The van der Waals surface area contributed by atoms with E-state index in [0.717, 1.165) is 21.9 Å². The number of aromatic nitrogens is 3. The Balaban J connectivity index is 2.12. The molecule has 1 aromatic carbocycles. The van der Waals surface area contributed by atoms with Crippen molar-refractivity contribution in [3.05, 3.63) is 64.6 Å². The van der Waals surface area contributed by atoms with Gasteiger partial charge in [-0.3, -0.25) is 13.6 Å². The normalized spacial score (nSPS) is 12.3. The van der Waals surface area contributed by atoms with Crippen LogP contribution in [-0.2, 0) is 17.8 Å². The summed E-state index contributed by atoms with van der Waals surface area (Å²) in [6, 6.07) is 14.8. The summed E-state index contributed by atoms with van der Waals surface area (Å²) in [6.07, 6.45) is 1.53. The van der Waals surface area contributed by atoms with Crippen LogP contribution in [0.5, 0.6) is 0 Å². The zero-order valence-electron chi connectivity index (χ0n) is 14.8. The summed E-state index contributed by atoms with van der Waals surface area (Å²) in [4.78, 5) is 17.3. The van der Waals surface area contributed by atoms with Gasteiger partial charge in [-0.1, -0.05) is 25.1 Å². The molecule has 3 heterocycles. The van der Waals surface area contributed by atoms with Crippen molar-refractivity contribution < 1.29 is 4.21 Å². The van der Waals surface area contributed by atoms with Crippen molar-refractivity contribution in [3.8, 4) is 11.8 Å². The summed E-state index contributed by atoms with van der Waals surface area (Å²) >= 11 is 0. The molecule has 0 aliphatic rings. The average Bonchev–Trinajstić information content (AvgIpc) is 2.99. The molecule has 0 aliphatic carbocycles. The Morgan fingerprint density at radius 1 is 1.19 bits per heavy atom. The highest BCUT2D eigenvalue weighted by Gasteiger charge is 2.18. The van der Waals surface area contributed by atoms with Crippen LogP contribution < -0.4 is 5.56 Å². The minimum absolute atomic E-state index is 0.0645. The van der Waals surface area contributed by atoms with Crippen LogP contribution in [0.2, 0.25) is 0 Å². The van der Waals surface area contributed by atoms with Gasteiger partial charge < -0.3 is 4.57 Å². The number of rotatable bonds is 3. The van der Waals surface area contributed by atoms with Crippen molar-refractivity contribution in [1.82, 2.24) is 14.1 Å². The molecule has 0 aliphatic heterocycles. The number of nitriles is 1. The van der Waals surface area contributed by atoms with Gasteiger partial charge in [0.15, 0.2) is 0 Å². The molecule has 6 nitrogen and oxygen atoms in total. The molecule has 3 aromatic heterocycles. The van der Waals surface area contributed by atoms with Gasteiger partial charge in [-0.05, 0) is 24.3 Å². The number of nitrogens with zero attached hydrogens (tertiary/aromatic N) is 4. The van der Waals surface area contributed by atoms with E-state index in [-0.39, 0.29) is 5.56 Å². The van der Waals surface area contributed by atoms with Crippen LogP contribution in [0.15, 0.2) is 58.5 Å². The molecule has 27 heavy (non-hydrogen) atoms. The van der Waals surface area contributed by atoms with E-state index < -0.39 is 16.4 Å². The maximum atomic E-state index is 13.0. The maximum Gasteiger partial charge on any atom is 0.273 e. The molecule has 0 radical (unpaired) electrons. The summed E-state index contributed by atoms with van der Waals surface area (Å²) in [5.41, 5.74) is 2.68. The molecule has 4 aromatic rings. The molecule has 0 bridgehead atoms. The Hall–Kier alpha value is -3.24. The minimum Gasteiger partial charge on any atom is -0.342 e. The third kappa shape index (κ3) is 2.57. The van der Waals surface area contributed by atoms with E-state index in [4.69, 9.17) is 0 Å². The first-order chi connectivity index (χ1) is 13.1. The first-order valence-electron chi connectivity index (χ1n) is 8.45. The second-order valence-corrected chi connectivity index (χ2v) is 7.80. The molecule has 0 fully saturated rings. The molecule has 1 unspecified atom stereocenters. The molecule has 0 saturated heterocycles. The predicted octanol–water partition coefficient (Wildman–Crippen LogP) is 2.88. The van der Waals surface area contributed by atoms with Gasteiger partial charge in [0.2, 0.25) is 0 Å². The summed E-state index contributed by atoms with van der Waals surface area (Å²) in [7, 11) is 0.742. The van der Waals surface area contributed by atoms with Gasteiger partial charge in [-0.15, -0.1) is 0 Å². The van der Waals surface area contributed by atoms with E-state index in [9.17, 15) is 14.3 Å².